The maximum absolute atomic E-state index is 12.9. The summed E-state index contributed by atoms with van der Waals surface area (Å²) in [5.74, 6) is 0.925. The van der Waals surface area contributed by atoms with E-state index in [1.807, 2.05) is 0 Å². The molecular weight excluding hydrogens is 285 g/mol. The Labute approximate surface area is 129 Å². The third-order valence-corrected chi connectivity index (χ3v) is 4.52. The molecule has 2 saturated carbocycles. The number of hydrogen-bond acceptors (Lipinski definition) is 3. The number of benzene rings is 1. The fourth-order valence-corrected chi connectivity index (χ4v) is 2.96. The van der Waals surface area contributed by atoms with E-state index >= 15 is 0 Å². The van der Waals surface area contributed by atoms with Crippen LogP contribution in [0.5, 0.6) is 5.75 Å². The molecule has 2 aliphatic rings. The molecule has 5 heteroatoms. The Morgan fingerprint density at radius 2 is 1.95 bits per heavy atom. The molecule has 2 fully saturated rings. The largest absolute Gasteiger partial charge is 0.488 e. The molecule has 0 heterocycles. The van der Waals surface area contributed by atoms with Gasteiger partial charge in [-0.1, -0.05) is 0 Å². The summed E-state index contributed by atoms with van der Waals surface area (Å²) in [5.41, 5.74) is 0. The van der Waals surface area contributed by atoms with E-state index in [1.165, 1.54) is 12.1 Å². The number of hydrogen-bond donors (Lipinski definition) is 2. The topological polar surface area (TPSA) is 58.6 Å². The molecule has 3 atom stereocenters. The molecule has 3 rings (SSSR count). The molecule has 0 aromatic heterocycles. The van der Waals surface area contributed by atoms with Gasteiger partial charge in [-0.15, -0.1) is 0 Å². The second-order valence-corrected chi connectivity index (χ2v) is 6.39. The van der Waals surface area contributed by atoms with Crippen LogP contribution >= 0.6 is 0 Å². The van der Waals surface area contributed by atoms with E-state index in [0.717, 1.165) is 25.7 Å². The quantitative estimate of drug-likeness (QED) is 0.847. The van der Waals surface area contributed by atoms with Crippen molar-refractivity contribution in [2.75, 3.05) is 6.54 Å². The molecule has 0 radical (unpaired) electrons. The molecule has 120 valence electrons. The lowest BCUT2D eigenvalue weighted by atomic mass is 10.1. The molecule has 0 spiro atoms. The number of rotatable bonds is 6. The van der Waals surface area contributed by atoms with Crippen LogP contribution in [0.15, 0.2) is 24.3 Å². The van der Waals surface area contributed by atoms with Gasteiger partial charge in [-0.25, -0.2) is 4.39 Å². The van der Waals surface area contributed by atoms with Gasteiger partial charge in [0, 0.05) is 18.9 Å². The van der Waals surface area contributed by atoms with Gasteiger partial charge in [-0.05, 0) is 55.9 Å². The van der Waals surface area contributed by atoms with Crippen molar-refractivity contribution in [2.24, 2.45) is 11.8 Å². The average molecular weight is 307 g/mol. The molecular formula is C17H22FNO3. The van der Waals surface area contributed by atoms with Crippen molar-refractivity contribution in [2.45, 2.75) is 44.3 Å². The zero-order valence-electron chi connectivity index (χ0n) is 12.5. The van der Waals surface area contributed by atoms with Crippen molar-refractivity contribution in [1.82, 2.24) is 5.32 Å². The van der Waals surface area contributed by atoms with Crippen molar-refractivity contribution in [3.63, 3.8) is 0 Å². The zero-order chi connectivity index (χ0) is 15.5. The summed E-state index contributed by atoms with van der Waals surface area (Å²) < 4.78 is 18.6. The Hall–Kier alpha value is -1.62. The summed E-state index contributed by atoms with van der Waals surface area (Å²) in [5, 5.41) is 13.2. The average Bonchev–Trinajstić information content (AvgIpc) is 3.24. The normalized spacial score (nSPS) is 27.6. The molecule has 1 amide bonds. The number of ether oxygens (including phenoxy) is 1. The number of carbonyl (C=O) groups is 1. The fourth-order valence-electron chi connectivity index (χ4n) is 2.96. The summed E-state index contributed by atoms with van der Waals surface area (Å²) in [4.78, 5) is 11.7. The predicted molar refractivity (Wildman–Crippen MR) is 79.9 cm³/mol. The minimum Gasteiger partial charge on any atom is -0.488 e. The first-order valence-electron chi connectivity index (χ1n) is 7.99. The standard InChI is InChI=1S/C17H22FNO3/c18-13-4-6-14(7-5-13)22-15-8-3-12(17(15)21)10-19-16(20)9-11-1-2-11/h4-7,11-12,15,17,21H,1-3,8-10H2,(H,19,20)/t12-,15-,17-/m1/s1. The van der Waals surface area contributed by atoms with Crippen LogP contribution in [-0.4, -0.2) is 29.8 Å². The van der Waals surface area contributed by atoms with E-state index < -0.39 is 6.10 Å². The smallest absolute Gasteiger partial charge is 0.220 e. The van der Waals surface area contributed by atoms with Gasteiger partial charge in [-0.3, -0.25) is 4.79 Å². The van der Waals surface area contributed by atoms with E-state index in [2.05, 4.69) is 5.32 Å². The van der Waals surface area contributed by atoms with Crippen molar-refractivity contribution in [3.8, 4) is 5.75 Å². The Morgan fingerprint density at radius 3 is 2.64 bits per heavy atom. The molecule has 0 saturated heterocycles. The van der Waals surface area contributed by atoms with Crippen molar-refractivity contribution < 1.29 is 19.0 Å². The molecule has 1 aromatic carbocycles. The third-order valence-electron chi connectivity index (χ3n) is 4.52. The van der Waals surface area contributed by atoms with E-state index in [-0.39, 0.29) is 23.7 Å². The van der Waals surface area contributed by atoms with E-state index in [9.17, 15) is 14.3 Å². The number of amides is 1. The van der Waals surface area contributed by atoms with Crippen LogP contribution in [0.4, 0.5) is 4.39 Å². The zero-order valence-corrected chi connectivity index (χ0v) is 12.5. The van der Waals surface area contributed by atoms with Gasteiger partial charge in [0.05, 0.1) is 6.10 Å². The highest BCUT2D eigenvalue weighted by atomic mass is 19.1. The number of carbonyl (C=O) groups excluding carboxylic acids is 1. The Balaban J connectivity index is 1.45. The second-order valence-electron chi connectivity index (χ2n) is 6.39. The Bertz CT molecular complexity index is 515. The predicted octanol–water partition coefficient (Wildman–Crippen LogP) is 2.26. The highest BCUT2D eigenvalue weighted by molar-refractivity contribution is 5.76. The molecule has 0 bridgehead atoms. The number of aliphatic hydroxyl groups is 1. The summed E-state index contributed by atoms with van der Waals surface area (Å²) in [6, 6.07) is 5.80. The van der Waals surface area contributed by atoms with Gasteiger partial charge >= 0.3 is 0 Å². The SMILES string of the molecule is O=C(CC1CC1)NC[C@H]1CC[C@@H](Oc2ccc(F)cc2)[C@@H]1O. The summed E-state index contributed by atoms with van der Waals surface area (Å²) >= 11 is 0. The van der Waals surface area contributed by atoms with Gasteiger partial charge in [-0.2, -0.15) is 0 Å². The van der Waals surface area contributed by atoms with Crippen LogP contribution < -0.4 is 10.1 Å². The second kappa shape index (κ2) is 6.65. The first-order chi connectivity index (χ1) is 10.6. The maximum atomic E-state index is 12.9. The van der Waals surface area contributed by atoms with Crippen molar-refractivity contribution in [3.05, 3.63) is 30.1 Å². The lowest BCUT2D eigenvalue weighted by Crippen LogP contribution is -2.37. The third kappa shape index (κ3) is 3.97. The minimum absolute atomic E-state index is 0.0219. The molecule has 4 nitrogen and oxygen atoms in total. The van der Waals surface area contributed by atoms with Gasteiger partial charge in [0.25, 0.3) is 0 Å². The van der Waals surface area contributed by atoms with Crippen LogP contribution in [0.1, 0.15) is 32.1 Å². The van der Waals surface area contributed by atoms with E-state index in [1.54, 1.807) is 12.1 Å². The van der Waals surface area contributed by atoms with Crippen LogP contribution in [0.3, 0.4) is 0 Å². The number of nitrogens with one attached hydrogen (secondary N) is 1. The first-order valence-corrected chi connectivity index (χ1v) is 7.99. The highest BCUT2D eigenvalue weighted by Gasteiger charge is 2.36. The monoisotopic (exact) mass is 307 g/mol. The Kier molecular flexibility index (Phi) is 4.62. The molecule has 2 N–H and O–H groups in total. The van der Waals surface area contributed by atoms with Gasteiger partial charge in [0.15, 0.2) is 0 Å². The van der Waals surface area contributed by atoms with Crippen LogP contribution in [-0.2, 0) is 4.79 Å². The molecule has 0 unspecified atom stereocenters. The summed E-state index contributed by atoms with van der Waals surface area (Å²) in [7, 11) is 0. The molecule has 0 aliphatic heterocycles. The van der Waals surface area contributed by atoms with E-state index in [0.29, 0.717) is 24.6 Å². The van der Waals surface area contributed by atoms with Crippen LogP contribution in [0, 0.1) is 17.7 Å². The molecule has 22 heavy (non-hydrogen) atoms. The van der Waals surface area contributed by atoms with Crippen LogP contribution in [0.25, 0.3) is 0 Å². The molecule has 1 aromatic rings. The number of halogens is 1. The Morgan fingerprint density at radius 1 is 1.23 bits per heavy atom. The van der Waals surface area contributed by atoms with Crippen molar-refractivity contribution in [1.29, 1.82) is 0 Å². The summed E-state index contributed by atoms with van der Waals surface area (Å²) in [6.07, 6.45) is 3.58. The highest BCUT2D eigenvalue weighted by Crippen LogP contribution is 2.32. The van der Waals surface area contributed by atoms with Crippen molar-refractivity contribution >= 4 is 5.91 Å². The maximum Gasteiger partial charge on any atom is 0.220 e. The van der Waals surface area contributed by atoms with Gasteiger partial charge in [0.2, 0.25) is 5.91 Å². The van der Waals surface area contributed by atoms with Crippen LogP contribution in [0.2, 0.25) is 0 Å². The van der Waals surface area contributed by atoms with E-state index in [4.69, 9.17) is 4.74 Å². The fraction of sp³-hybridized carbons (Fsp3) is 0.588. The van der Waals surface area contributed by atoms with Gasteiger partial charge < -0.3 is 15.2 Å². The summed E-state index contributed by atoms with van der Waals surface area (Å²) in [6.45, 7) is 0.496. The lowest BCUT2D eigenvalue weighted by molar-refractivity contribution is -0.121. The lowest BCUT2D eigenvalue weighted by Gasteiger charge is -2.21. The van der Waals surface area contributed by atoms with Gasteiger partial charge in [0.1, 0.15) is 17.7 Å². The number of aliphatic hydroxyl groups excluding tert-OH is 1. The first kappa shape index (κ1) is 15.3. The minimum atomic E-state index is -0.605. The molecule has 2 aliphatic carbocycles.